The first-order valence-corrected chi connectivity index (χ1v) is 9.90. The zero-order valence-electron chi connectivity index (χ0n) is 17.5. The van der Waals surface area contributed by atoms with Crippen LogP contribution in [0.25, 0.3) is 0 Å². The third-order valence-corrected chi connectivity index (χ3v) is 4.48. The van der Waals surface area contributed by atoms with Gasteiger partial charge in [-0.05, 0) is 58.4 Å². The Balaban J connectivity index is 1.57. The molecule has 1 atom stereocenters. The quantitative estimate of drug-likeness (QED) is 0.656. The van der Waals surface area contributed by atoms with E-state index < -0.39 is 5.60 Å². The minimum atomic E-state index is -0.545. The van der Waals surface area contributed by atoms with Crippen molar-refractivity contribution in [3.05, 3.63) is 42.0 Å². The summed E-state index contributed by atoms with van der Waals surface area (Å²) < 4.78 is 16.4. The Bertz CT molecular complexity index is 802. The molecule has 1 aromatic heterocycles. The third kappa shape index (κ3) is 6.12. The second-order valence-electron chi connectivity index (χ2n) is 8.11. The molecule has 0 radical (unpaired) electrons. The minimum Gasteiger partial charge on any atom is -0.454 e. The SMILES string of the molecule is CC(NCCCN(Cc1ccc2c(c1)OCO2)C(=O)OC(C)(C)C)c1c[nH]cn1. The zero-order chi connectivity index (χ0) is 20.9. The van der Waals surface area contributed by atoms with Crippen LogP contribution in [0.2, 0.25) is 0 Å². The molecule has 1 aliphatic rings. The third-order valence-electron chi connectivity index (χ3n) is 4.48. The largest absolute Gasteiger partial charge is 0.454 e. The number of rotatable bonds is 8. The maximum atomic E-state index is 12.7. The van der Waals surface area contributed by atoms with Crippen LogP contribution in [0.4, 0.5) is 4.79 Å². The van der Waals surface area contributed by atoms with Crippen LogP contribution in [0, 0.1) is 0 Å². The minimum absolute atomic E-state index is 0.144. The van der Waals surface area contributed by atoms with E-state index in [0.29, 0.717) is 18.8 Å². The highest BCUT2D eigenvalue weighted by Crippen LogP contribution is 2.33. The van der Waals surface area contributed by atoms with Crippen LogP contribution in [0.3, 0.4) is 0 Å². The van der Waals surface area contributed by atoms with Crippen LogP contribution < -0.4 is 14.8 Å². The summed E-state index contributed by atoms with van der Waals surface area (Å²) in [5.41, 5.74) is 1.39. The number of H-pyrrole nitrogens is 1. The maximum Gasteiger partial charge on any atom is 0.410 e. The van der Waals surface area contributed by atoms with Gasteiger partial charge in [0.1, 0.15) is 5.60 Å². The van der Waals surface area contributed by atoms with E-state index in [1.165, 1.54) is 0 Å². The summed E-state index contributed by atoms with van der Waals surface area (Å²) in [4.78, 5) is 21.7. The number of carbonyl (C=O) groups excluding carboxylic acids is 1. The molecular weight excluding hydrogens is 372 g/mol. The number of nitrogens with zero attached hydrogens (tertiary/aromatic N) is 2. The molecular formula is C21H30N4O4. The predicted molar refractivity (Wildman–Crippen MR) is 109 cm³/mol. The van der Waals surface area contributed by atoms with E-state index in [0.717, 1.165) is 30.0 Å². The Hall–Kier alpha value is -2.74. The molecule has 0 saturated heterocycles. The van der Waals surface area contributed by atoms with Crippen molar-refractivity contribution in [1.82, 2.24) is 20.2 Å². The summed E-state index contributed by atoms with van der Waals surface area (Å²) in [5.74, 6) is 1.44. The van der Waals surface area contributed by atoms with E-state index in [-0.39, 0.29) is 18.9 Å². The van der Waals surface area contributed by atoms with Crippen LogP contribution in [0.15, 0.2) is 30.7 Å². The standard InChI is InChI=1S/C21H30N4O4/c1-15(17-11-22-13-24-17)23-8-5-9-25(20(26)29-21(2,3)4)12-16-6-7-18-19(10-16)28-14-27-18/h6-7,10-11,13,15,23H,5,8-9,12,14H2,1-4H3,(H,22,24). The van der Waals surface area contributed by atoms with Gasteiger partial charge in [-0.2, -0.15) is 0 Å². The predicted octanol–water partition coefficient (Wildman–Crippen LogP) is 3.62. The van der Waals surface area contributed by atoms with Crippen molar-refractivity contribution in [3.63, 3.8) is 0 Å². The van der Waals surface area contributed by atoms with E-state index in [9.17, 15) is 4.79 Å². The molecule has 8 nitrogen and oxygen atoms in total. The number of aromatic nitrogens is 2. The van der Waals surface area contributed by atoms with Gasteiger partial charge in [-0.15, -0.1) is 0 Å². The van der Waals surface area contributed by atoms with Crippen molar-refractivity contribution >= 4 is 6.09 Å². The Morgan fingerprint density at radius 3 is 2.86 bits per heavy atom. The molecule has 1 unspecified atom stereocenters. The average molecular weight is 402 g/mol. The molecule has 0 bridgehead atoms. The lowest BCUT2D eigenvalue weighted by atomic mass is 10.2. The fraction of sp³-hybridized carbons (Fsp3) is 0.524. The summed E-state index contributed by atoms with van der Waals surface area (Å²) >= 11 is 0. The molecule has 8 heteroatoms. The first kappa shape index (κ1) is 21.0. The number of benzene rings is 1. The topological polar surface area (TPSA) is 88.7 Å². The van der Waals surface area contributed by atoms with E-state index in [4.69, 9.17) is 14.2 Å². The lowest BCUT2D eigenvalue weighted by molar-refractivity contribution is 0.0231. The molecule has 2 aromatic rings. The van der Waals surface area contributed by atoms with Crippen LogP contribution in [0.1, 0.15) is 51.4 Å². The summed E-state index contributed by atoms with van der Waals surface area (Å²) in [6, 6.07) is 5.88. The number of nitrogens with one attached hydrogen (secondary N) is 2. The van der Waals surface area contributed by atoms with E-state index in [1.807, 2.05) is 45.2 Å². The van der Waals surface area contributed by atoms with Gasteiger partial charge in [-0.3, -0.25) is 0 Å². The molecule has 29 heavy (non-hydrogen) atoms. The Labute approximate surface area is 171 Å². The first-order chi connectivity index (χ1) is 13.8. The molecule has 0 saturated carbocycles. The number of amides is 1. The lowest BCUT2D eigenvalue weighted by Crippen LogP contribution is -2.38. The van der Waals surface area contributed by atoms with Crippen molar-refractivity contribution in [2.24, 2.45) is 0 Å². The number of hydrogen-bond donors (Lipinski definition) is 2. The number of carbonyl (C=O) groups is 1. The molecule has 1 amide bonds. The van der Waals surface area contributed by atoms with Gasteiger partial charge in [0.2, 0.25) is 6.79 Å². The Kier molecular flexibility index (Phi) is 6.64. The molecule has 1 aromatic carbocycles. The first-order valence-electron chi connectivity index (χ1n) is 9.90. The van der Waals surface area contributed by atoms with Gasteiger partial charge in [0.15, 0.2) is 11.5 Å². The highest BCUT2D eigenvalue weighted by molar-refractivity contribution is 5.68. The molecule has 0 aliphatic carbocycles. The van der Waals surface area contributed by atoms with Gasteiger partial charge >= 0.3 is 6.09 Å². The van der Waals surface area contributed by atoms with Gasteiger partial charge in [0.05, 0.1) is 12.0 Å². The molecule has 2 N–H and O–H groups in total. The van der Waals surface area contributed by atoms with Crippen LogP contribution in [-0.4, -0.2) is 46.4 Å². The van der Waals surface area contributed by atoms with E-state index >= 15 is 0 Å². The van der Waals surface area contributed by atoms with Gasteiger partial charge in [-0.25, -0.2) is 9.78 Å². The second-order valence-corrected chi connectivity index (χ2v) is 8.11. The smallest absolute Gasteiger partial charge is 0.410 e. The summed E-state index contributed by atoms with van der Waals surface area (Å²) in [6.07, 6.45) is 4.02. The van der Waals surface area contributed by atoms with Gasteiger partial charge < -0.3 is 29.4 Å². The number of ether oxygens (including phenoxy) is 3. The van der Waals surface area contributed by atoms with Crippen LogP contribution >= 0.6 is 0 Å². The fourth-order valence-corrected chi connectivity index (χ4v) is 3.02. The van der Waals surface area contributed by atoms with E-state index in [2.05, 4.69) is 22.2 Å². The molecule has 3 rings (SSSR count). The van der Waals surface area contributed by atoms with Crippen molar-refractivity contribution in [2.45, 2.75) is 52.3 Å². The molecule has 2 heterocycles. The molecule has 158 valence electrons. The van der Waals surface area contributed by atoms with Crippen LogP contribution in [-0.2, 0) is 11.3 Å². The molecule has 0 fully saturated rings. The van der Waals surface area contributed by atoms with Crippen molar-refractivity contribution in [2.75, 3.05) is 19.9 Å². The van der Waals surface area contributed by atoms with Gasteiger partial charge in [-0.1, -0.05) is 6.07 Å². The number of hydrogen-bond acceptors (Lipinski definition) is 6. The van der Waals surface area contributed by atoms with Crippen molar-refractivity contribution in [3.8, 4) is 11.5 Å². The zero-order valence-corrected chi connectivity index (χ0v) is 17.5. The van der Waals surface area contributed by atoms with Crippen LogP contribution in [0.5, 0.6) is 11.5 Å². The number of fused-ring (bicyclic) bond motifs is 1. The Morgan fingerprint density at radius 2 is 2.14 bits per heavy atom. The normalized spacial score (nSPS) is 13.9. The monoisotopic (exact) mass is 402 g/mol. The van der Waals surface area contributed by atoms with Gasteiger partial charge in [0.25, 0.3) is 0 Å². The van der Waals surface area contributed by atoms with Crippen molar-refractivity contribution in [1.29, 1.82) is 0 Å². The second kappa shape index (κ2) is 9.17. The maximum absolute atomic E-state index is 12.7. The molecule has 0 spiro atoms. The summed E-state index contributed by atoms with van der Waals surface area (Å²) in [6.45, 7) is 9.69. The van der Waals surface area contributed by atoms with Crippen molar-refractivity contribution < 1.29 is 19.0 Å². The average Bonchev–Trinajstić information content (AvgIpc) is 3.33. The summed E-state index contributed by atoms with van der Waals surface area (Å²) in [7, 11) is 0. The highest BCUT2D eigenvalue weighted by atomic mass is 16.7. The number of aromatic amines is 1. The lowest BCUT2D eigenvalue weighted by Gasteiger charge is -2.28. The summed E-state index contributed by atoms with van der Waals surface area (Å²) in [5, 5.41) is 3.43. The number of imidazole rings is 1. The Morgan fingerprint density at radius 1 is 1.34 bits per heavy atom. The van der Waals surface area contributed by atoms with Gasteiger partial charge in [0, 0.05) is 25.3 Å². The highest BCUT2D eigenvalue weighted by Gasteiger charge is 2.23. The van der Waals surface area contributed by atoms with E-state index in [1.54, 1.807) is 11.2 Å². The molecule has 1 aliphatic heterocycles. The fourth-order valence-electron chi connectivity index (χ4n) is 3.02.